The lowest BCUT2D eigenvalue weighted by Crippen LogP contribution is -2.19. The molecular formula is C9H13ClSi. The standard InChI is InChI=1S/C9H13ClSi/c1-11(2,10)9-7-5-3-4-6-8-9/h3-5,7-8H,6H2,1-2H3. The molecular weight excluding hydrogens is 172 g/mol. The molecule has 0 aromatic rings. The van der Waals surface area contributed by atoms with Gasteiger partial charge in [-0.25, -0.2) is 0 Å². The Balaban J connectivity index is 2.81. The maximum absolute atomic E-state index is 6.28. The molecule has 1 aliphatic carbocycles. The van der Waals surface area contributed by atoms with E-state index in [0.717, 1.165) is 6.42 Å². The number of hydrogen-bond acceptors (Lipinski definition) is 0. The minimum Gasteiger partial charge on any atom is -0.162 e. The summed E-state index contributed by atoms with van der Waals surface area (Å²) >= 11 is 6.28. The molecule has 0 saturated carbocycles. The third-order valence-corrected chi connectivity index (χ3v) is 4.08. The fourth-order valence-electron chi connectivity index (χ4n) is 1.02. The molecule has 0 unspecified atom stereocenters. The van der Waals surface area contributed by atoms with Crippen LogP contribution in [0.25, 0.3) is 0 Å². The molecule has 0 bridgehead atoms. The third-order valence-electron chi connectivity index (χ3n) is 1.68. The van der Waals surface area contributed by atoms with E-state index in [0.29, 0.717) is 0 Å². The average Bonchev–Trinajstić information content (AvgIpc) is 2.10. The first kappa shape index (κ1) is 8.82. The number of allylic oxidation sites excluding steroid dienone is 6. The second-order valence-corrected chi connectivity index (χ2v) is 9.51. The van der Waals surface area contributed by atoms with E-state index in [1.54, 1.807) is 0 Å². The summed E-state index contributed by atoms with van der Waals surface area (Å²) in [5.41, 5.74) is 0. The molecule has 0 spiro atoms. The Hall–Kier alpha value is -0.273. The van der Waals surface area contributed by atoms with Gasteiger partial charge >= 0.3 is 0 Å². The molecule has 1 rings (SSSR count). The molecule has 0 nitrogen and oxygen atoms in total. The van der Waals surface area contributed by atoms with E-state index < -0.39 is 7.38 Å². The molecule has 0 fully saturated rings. The number of halogens is 1. The van der Waals surface area contributed by atoms with Crippen molar-refractivity contribution in [1.29, 1.82) is 0 Å². The third kappa shape index (κ3) is 2.68. The molecule has 1 aliphatic rings. The molecule has 0 radical (unpaired) electrons. The van der Waals surface area contributed by atoms with Gasteiger partial charge in [-0.15, -0.1) is 0 Å². The highest BCUT2D eigenvalue weighted by Crippen LogP contribution is 2.22. The normalized spacial score (nSPS) is 17.9. The Morgan fingerprint density at radius 2 is 2.09 bits per heavy atom. The minimum atomic E-state index is -1.58. The fraction of sp³-hybridized carbons (Fsp3) is 0.333. The van der Waals surface area contributed by atoms with Gasteiger partial charge in [-0.05, 0) is 11.6 Å². The Kier molecular flexibility index (Phi) is 2.74. The summed E-state index contributed by atoms with van der Waals surface area (Å²) in [5, 5.41) is 1.34. The highest BCUT2D eigenvalue weighted by atomic mass is 35.6. The van der Waals surface area contributed by atoms with Crippen LogP contribution in [0.2, 0.25) is 13.1 Å². The van der Waals surface area contributed by atoms with Crippen LogP contribution in [-0.2, 0) is 0 Å². The van der Waals surface area contributed by atoms with Crippen LogP contribution in [-0.4, -0.2) is 7.38 Å². The van der Waals surface area contributed by atoms with Crippen molar-refractivity contribution in [1.82, 2.24) is 0 Å². The molecule has 0 aromatic heterocycles. The van der Waals surface area contributed by atoms with Gasteiger partial charge in [0, 0.05) is 0 Å². The summed E-state index contributed by atoms with van der Waals surface area (Å²) in [5.74, 6) is 0. The summed E-state index contributed by atoms with van der Waals surface area (Å²) in [6.07, 6.45) is 11.6. The Bertz CT molecular complexity index is 218. The van der Waals surface area contributed by atoms with E-state index in [2.05, 4.69) is 43.5 Å². The summed E-state index contributed by atoms with van der Waals surface area (Å²) in [7, 11) is -1.58. The molecule has 0 heterocycles. The van der Waals surface area contributed by atoms with Gasteiger partial charge in [0.25, 0.3) is 0 Å². The minimum absolute atomic E-state index is 1.02. The smallest absolute Gasteiger partial charge is 0.162 e. The van der Waals surface area contributed by atoms with Crippen LogP contribution in [0.15, 0.2) is 35.6 Å². The highest BCUT2D eigenvalue weighted by Gasteiger charge is 2.20. The van der Waals surface area contributed by atoms with E-state index in [4.69, 9.17) is 11.1 Å². The summed E-state index contributed by atoms with van der Waals surface area (Å²) in [4.78, 5) is 0. The van der Waals surface area contributed by atoms with Gasteiger partial charge in [0.05, 0.1) is 0 Å². The van der Waals surface area contributed by atoms with Crippen LogP contribution in [0, 0.1) is 0 Å². The van der Waals surface area contributed by atoms with Crippen molar-refractivity contribution in [2.75, 3.05) is 0 Å². The second-order valence-electron chi connectivity index (χ2n) is 3.15. The van der Waals surface area contributed by atoms with Gasteiger partial charge in [0.15, 0.2) is 7.38 Å². The number of hydrogen-bond donors (Lipinski definition) is 0. The van der Waals surface area contributed by atoms with Gasteiger partial charge in [0.1, 0.15) is 0 Å². The highest BCUT2D eigenvalue weighted by molar-refractivity contribution is 7.23. The van der Waals surface area contributed by atoms with Gasteiger partial charge in [0.2, 0.25) is 0 Å². The van der Waals surface area contributed by atoms with E-state index in [1.165, 1.54) is 5.20 Å². The van der Waals surface area contributed by atoms with Crippen molar-refractivity contribution in [2.45, 2.75) is 19.5 Å². The molecule has 0 aromatic carbocycles. The molecule has 0 N–H and O–H groups in total. The molecule has 0 atom stereocenters. The van der Waals surface area contributed by atoms with Crippen molar-refractivity contribution in [2.24, 2.45) is 0 Å². The molecule has 0 saturated heterocycles. The predicted molar refractivity (Wildman–Crippen MR) is 54.3 cm³/mol. The van der Waals surface area contributed by atoms with Crippen molar-refractivity contribution >= 4 is 18.5 Å². The van der Waals surface area contributed by atoms with Crippen molar-refractivity contribution in [3.05, 3.63) is 35.6 Å². The van der Waals surface area contributed by atoms with Crippen molar-refractivity contribution < 1.29 is 0 Å². The summed E-state index contributed by atoms with van der Waals surface area (Å²) in [6.45, 7) is 4.30. The predicted octanol–water partition coefficient (Wildman–Crippen LogP) is 3.41. The fourth-order valence-corrected chi connectivity index (χ4v) is 2.54. The van der Waals surface area contributed by atoms with Gasteiger partial charge in [-0.2, -0.15) is 11.1 Å². The Morgan fingerprint density at radius 1 is 1.36 bits per heavy atom. The quantitative estimate of drug-likeness (QED) is 0.433. The maximum Gasteiger partial charge on any atom is 0.180 e. The zero-order valence-corrected chi connectivity index (χ0v) is 8.73. The van der Waals surface area contributed by atoms with Crippen LogP contribution in [0.5, 0.6) is 0 Å². The molecule has 11 heavy (non-hydrogen) atoms. The molecule has 2 heteroatoms. The SMILES string of the molecule is C[Si](C)(Cl)C1=CCC=CC=C1. The van der Waals surface area contributed by atoms with Gasteiger partial charge < -0.3 is 0 Å². The zero-order chi connectivity index (χ0) is 8.32. The molecule has 0 amide bonds. The van der Waals surface area contributed by atoms with E-state index in [-0.39, 0.29) is 0 Å². The van der Waals surface area contributed by atoms with Crippen LogP contribution in [0.1, 0.15) is 6.42 Å². The zero-order valence-electron chi connectivity index (χ0n) is 6.97. The summed E-state index contributed by atoms with van der Waals surface area (Å²) in [6, 6.07) is 0. The summed E-state index contributed by atoms with van der Waals surface area (Å²) < 4.78 is 0. The van der Waals surface area contributed by atoms with Crippen LogP contribution in [0.4, 0.5) is 0 Å². The van der Waals surface area contributed by atoms with Gasteiger partial charge in [-0.1, -0.05) is 43.5 Å². The first-order valence-electron chi connectivity index (χ1n) is 3.83. The lowest BCUT2D eigenvalue weighted by atomic mass is 10.4. The largest absolute Gasteiger partial charge is 0.180 e. The maximum atomic E-state index is 6.28. The Labute approximate surface area is 74.0 Å². The van der Waals surface area contributed by atoms with Crippen LogP contribution >= 0.6 is 11.1 Å². The lowest BCUT2D eigenvalue weighted by molar-refractivity contribution is 1.39. The van der Waals surface area contributed by atoms with E-state index in [1.807, 2.05) is 0 Å². The van der Waals surface area contributed by atoms with Crippen LogP contribution < -0.4 is 0 Å². The van der Waals surface area contributed by atoms with E-state index in [9.17, 15) is 0 Å². The van der Waals surface area contributed by atoms with Crippen LogP contribution in [0.3, 0.4) is 0 Å². The average molecular weight is 185 g/mol. The van der Waals surface area contributed by atoms with Crippen molar-refractivity contribution in [3.8, 4) is 0 Å². The van der Waals surface area contributed by atoms with Gasteiger partial charge in [-0.3, -0.25) is 0 Å². The topological polar surface area (TPSA) is 0 Å². The first-order chi connectivity index (χ1) is 5.11. The molecule has 0 aliphatic heterocycles. The second kappa shape index (κ2) is 3.42. The lowest BCUT2D eigenvalue weighted by Gasteiger charge is -2.13. The van der Waals surface area contributed by atoms with E-state index >= 15 is 0 Å². The number of rotatable bonds is 1. The van der Waals surface area contributed by atoms with Crippen molar-refractivity contribution in [3.63, 3.8) is 0 Å². The Morgan fingerprint density at radius 3 is 2.73 bits per heavy atom. The monoisotopic (exact) mass is 184 g/mol. The molecule has 60 valence electrons. The first-order valence-corrected chi connectivity index (χ1v) is 7.84.